The summed E-state index contributed by atoms with van der Waals surface area (Å²) in [5.74, 6) is 0.498. The highest BCUT2D eigenvalue weighted by molar-refractivity contribution is 6.35. The van der Waals surface area contributed by atoms with Crippen LogP contribution in [0.25, 0.3) is 11.3 Å². The zero-order chi connectivity index (χ0) is 17.8. The fourth-order valence-corrected chi connectivity index (χ4v) is 2.61. The van der Waals surface area contributed by atoms with Gasteiger partial charge >= 0.3 is 0 Å². The molecule has 2 heterocycles. The molecular formula is C17H10Cl3N3O2. The van der Waals surface area contributed by atoms with Crippen LogP contribution in [0.2, 0.25) is 15.2 Å². The summed E-state index contributed by atoms with van der Waals surface area (Å²) in [6, 6.07) is 11.7. The Morgan fingerprint density at radius 3 is 2.80 bits per heavy atom. The molecule has 0 atom stereocenters. The summed E-state index contributed by atoms with van der Waals surface area (Å²) < 4.78 is 5.63. The lowest BCUT2D eigenvalue weighted by Crippen LogP contribution is -2.18. The van der Waals surface area contributed by atoms with Crippen LogP contribution in [0.3, 0.4) is 0 Å². The van der Waals surface area contributed by atoms with Gasteiger partial charge in [0, 0.05) is 16.8 Å². The van der Waals surface area contributed by atoms with Crippen molar-refractivity contribution >= 4 is 46.9 Å². The molecule has 1 amide bonds. The van der Waals surface area contributed by atoms with Crippen LogP contribution in [-0.2, 0) is 0 Å². The van der Waals surface area contributed by atoms with Gasteiger partial charge in [0.15, 0.2) is 0 Å². The standard InChI is InChI=1S/C17H10Cl3N3O2/c18-10-3-5-14(19)13(8-10)15-6-4-11(25-15)9-22-23-17(24)12-2-1-7-21-16(12)20/h1-9H,(H,23,24). The monoisotopic (exact) mass is 393 g/mol. The normalized spacial score (nSPS) is 11.0. The van der Waals surface area contributed by atoms with Crippen molar-refractivity contribution in [3.63, 3.8) is 0 Å². The minimum absolute atomic E-state index is 0.103. The molecule has 0 aliphatic heterocycles. The first-order valence-corrected chi connectivity index (χ1v) is 8.17. The molecule has 0 spiro atoms. The second-order valence-electron chi connectivity index (χ2n) is 4.87. The maximum Gasteiger partial charge on any atom is 0.274 e. The van der Waals surface area contributed by atoms with Gasteiger partial charge in [0.1, 0.15) is 16.7 Å². The highest BCUT2D eigenvalue weighted by Gasteiger charge is 2.10. The smallest absolute Gasteiger partial charge is 0.274 e. The van der Waals surface area contributed by atoms with Crippen LogP contribution in [0.15, 0.2) is 58.2 Å². The number of carbonyl (C=O) groups is 1. The molecular weight excluding hydrogens is 385 g/mol. The van der Waals surface area contributed by atoms with E-state index in [1.165, 1.54) is 12.4 Å². The SMILES string of the molecule is O=C(NN=Cc1ccc(-c2cc(Cl)ccc2Cl)o1)c1cccnc1Cl. The molecule has 3 aromatic rings. The van der Waals surface area contributed by atoms with E-state index in [1.807, 2.05) is 0 Å². The number of furan rings is 1. The van der Waals surface area contributed by atoms with Gasteiger partial charge in [-0.3, -0.25) is 4.79 Å². The van der Waals surface area contributed by atoms with Gasteiger partial charge in [0.2, 0.25) is 0 Å². The van der Waals surface area contributed by atoms with E-state index in [9.17, 15) is 4.79 Å². The number of pyridine rings is 1. The average molecular weight is 395 g/mol. The lowest BCUT2D eigenvalue weighted by molar-refractivity contribution is 0.0955. The number of halogens is 3. The van der Waals surface area contributed by atoms with Crippen molar-refractivity contribution < 1.29 is 9.21 Å². The van der Waals surface area contributed by atoms with Crippen molar-refractivity contribution in [1.82, 2.24) is 10.4 Å². The number of carbonyl (C=O) groups excluding carboxylic acids is 1. The summed E-state index contributed by atoms with van der Waals surface area (Å²) in [7, 11) is 0. The summed E-state index contributed by atoms with van der Waals surface area (Å²) >= 11 is 18.0. The number of rotatable bonds is 4. The molecule has 1 aromatic carbocycles. The average Bonchev–Trinajstić information content (AvgIpc) is 3.06. The molecule has 8 heteroatoms. The summed E-state index contributed by atoms with van der Waals surface area (Å²) in [6.07, 6.45) is 2.86. The molecule has 25 heavy (non-hydrogen) atoms. The summed E-state index contributed by atoms with van der Waals surface area (Å²) in [5.41, 5.74) is 3.25. The molecule has 0 fully saturated rings. The van der Waals surface area contributed by atoms with E-state index < -0.39 is 5.91 Å². The lowest BCUT2D eigenvalue weighted by Gasteiger charge is -2.01. The fourth-order valence-electron chi connectivity index (χ4n) is 2.02. The van der Waals surface area contributed by atoms with Gasteiger partial charge in [0.05, 0.1) is 16.8 Å². The zero-order valence-electron chi connectivity index (χ0n) is 12.5. The Kier molecular flexibility index (Phi) is 5.38. The van der Waals surface area contributed by atoms with E-state index in [4.69, 9.17) is 39.2 Å². The molecule has 5 nitrogen and oxygen atoms in total. The van der Waals surface area contributed by atoms with Gasteiger partial charge in [-0.25, -0.2) is 10.4 Å². The Hall–Kier alpha value is -2.34. The van der Waals surface area contributed by atoms with Gasteiger partial charge in [0.25, 0.3) is 5.91 Å². The predicted molar refractivity (Wildman–Crippen MR) is 98.5 cm³/mol. The lowest BCUT2D eigenvalue weighted by atomic mass is 10.2. The van der Waals surface area contributed by atoms with Crippen molar-refractivity contribution in [3.05, 3.63) is 75.2 Å². The first-order valence-electron chi connectivity index (χ1n) is 7.04. The number of hydrogen-bond donors (Lipinski definition) is 1. The predicted octanol–water partition coefficient (Wildman–Crippen LogP) is 5.07. The van der Waals surface area contributed by atoms with E-state index in [2.05, 4.69) is 15.5 Å². The van der Waals surface area contributed by atoms with Crippen molar-refractivity contribution in [3.8, 4) is 11.3 Å². The maximum atomic E-state index is 12.0. The first-order chi connectivity index (χ1) is 12.0. The Bertz CT molecular complexity index is 954. The van der Waals surface area contributed by atoms with Gasteiger partial charge in [-0.2, -0.15) is 5.10 Å². The van der Waals surface area contributed by atoms with Crippen molar-refractivity contribution in [1.29, 1.82) is 0 Å². The molecule has 3 rings (SSSR count). The van der Waals surface area contributed by atoms with Crippen LogP contribution < -0.4 is 5.43 Å². The van der Waals surface area contributed by atoms with Crippen LogP contribution in [0, 0.1) is 0 Å². The molecule has 0 radical (unpaired) electrons. The maximum absolute atomic E-state index is 12.0. The zero-order valence-corrected chi connectivity index (χ0v) is 14.8. The van der Waals surface area contributed by atoms with E-state index in [1.54, 1.807) is 42.5 Å². The van der Waals surface area contributed by atoms with Crippen molar-refractivity contribution in [2.24, 2.45) is 5.10 Å². The Balaban J connectivity index is 1.71. The Morgan fingerprint density at radius 1 is 1.16 bits per heavy atom. The molecule has 0 unspecified atom stereocenters. The summed E-state index contributed by atoms with van der Waals surface area (Å²) in [4.78, 5) is 15.8. The number of benzene rings is 1. The number of amides is 1. The number of nitrogens with zero attached hydrogens (tertiary/aromatic N) is 2. The third-order valence-electron chi connectivity index (χ3n) is 3.18. The molecule has 1 N–H and O–H groups in total. The third-order valence-corrected chi connectivity index (χ3v) is 4.05. The quantitative estimate of drug-likeness (QED) is 0.382. The fraction of sp³-hybridized carbons (Fsp3) is 0. The number of nitrogens with one attached hydrogen (secondary N) is 1. The third kappa shape index (κ3) is 4.20. The minimum atomic E-state index is -0.473. The van der Waals surface area contributed by atoms with Crippen LogP contribution in [-0.4, -0.2) is 17.1 Å². The summed E-state index contributed by atoms with van der Waals surface area (Å²) in [5, 5.41) is 5.01. The highest BCUT2D eigenvalue weighted by atomic mass is 35.5. The molecule has 0 bridgehead atoms. The second kappa shape index (κ2) is 7.70. The van der Waals surface area contributed by atoms with Gasteiger partial charge in [-0.05, 0) is 42.5 Å². The van der Waals surface area contributed by atoms with E-state index >= 15 is 0 Å². The molecule has 126 valence electrons. The van der Waals surface area contributed by atoms with Crippen LogP contribution in [0.5, 0.6) is 0 Å². The molecule has 0 aliphatic carbocycles. The Labute approximate surface area is 158 Å². The molecule has 0 saturated carbocycles. The number of hydrogen-bond acceptors (Lipinski definition) is 4. The number of aromatic nitrogens is 1. The van der Waals surface area contributed by atoms with E-state index in [-0.39, 0.29) is 10.7 Å². The van der Waals surface area contributed by atoms with Crippen molar-refractivity contribution in [2.75, 3.05) is 0 Å². The second-order valence-corrected chi connectivity index (χ2v) is 6.07. The van der Waals surface area contributed by atoms with Crippen LogP contribution in [0.1, 0.15) is 16.1 Å². The number of hydrazone groups is 1. The molecule has 2 aromatic heterocycles. The topological polar surface area (TPSA) is 67.5 Å². The Morgan fingerprint density at radius 2 is 2.00 bits per heavy atom. The highest BCUT2D eigenvalue weighted by Crippen LogP contribution is 2.31. The minimum Gasteiger partial charge on any atom is -0.455 e. The van der Waals surface area contributed by atoms with Gasteiger partial charge < -0.3 is 4.42 Å². The van der Waals surface area contributed by atoms with Crippen LogP contribution >= 0.6 is 34.8 Å². The van der Waals surface area contributed by atoms with Gasteiger partial charge in [-0.15, -0.1) is 0 Å². The van der Waals surface area contributed by atoms with Gasteiger partial charge in [-0.1, -0.05) is 34.8 Å². The molecule has 0 saturated heterocycles. The summed E-state index contributed by atoms with van der Waals surface area (Å²) in [6.45, 7) is 0. The first kappa shape index (κ1) is 17.5. The van der Waals surface area contributed by atoms with Crippen molar-refractivity contribution in [2.45, 2.75) is 0 Å². The molecule has 0 aliphatic rings. The largest absolute Gasteiger partial charge is 0.455 e. The van der Waals surface area contributed by atoms with Crippen LogP contribution in [0.4, 0.5) is 0 Å². The van der Waals surface area contributed by atoms with E-state index in [0.717, 1.165) is 0 Å². The van der Waals surface area contributed by atoms with E-state index in [0.29, 0.717) is 27.1 Å².